The third kappa shape index (κ3) is 2.22. The van der Waals surface area contributed by atoms with Crippen molar-refractivity contribution < 1.29 is 0 Å². The van der Waals surface area contributed by atoms with Gasteiger partial charge in [0, 0.05) is 5.69 Å². The Labute approximate surface area is 88.2 Å². The maximum Gasteiger partial charge on any atom is 0.151 e. The number of anilines is 3. The summed E-state index contributed by atoms with van der Waals surface area (Å²) in [4.78, 5) is 8.07. The molecule has 0 spiro atoms. The van der Waals surface area contributed by atoms with Gasteiger partial charge in [0.2, 0.25) is 0 Å². The fourth-order valence-electron chi connectivity index (χ4n) is 1.29. The van der Waals surface area contributed by atoms with Crippen molar-refractivity contribution in [1.82, 2.24) is 9.97 Å². The predicted molar refractivity (Wildman–Crippen MR) is 60.9 cm³/mol. The van der Waals surface area contributed by atoms with Crippen LogP contribution in [-0.4, -0.2) is 9.97 Å². The summed E-state index contributed by atoms with van der Waals surface area (Å²) in [6.45, 7) is 2.03. The van der Waals surface area contributed by atoms with Crippen molar-refractivity contribution in [2.75, 3.05) is 11.1 Å². The van der Waals surface area contributed by atoms with Crippen LogP contribution in [0.1, 0.15) is 5.56 Å². The average molecular weight is 200 g/mol. The second kappa shape index (κ2) is 3.96. The topological polar surface area (TPSA) is 63.8 Å². The van der Waals surface area contributed by atoms with Gasteiger partial charge in [0.05, 0.1) is 12.4 Å². The number of nitrogens with zero attached hydrogens (tertiary/aromatic N) is 2. The van der Waals surface area contributed by atoms with E-state index in [0.717, 1.165) is 11.3 Å². The van der Waals surface area contributed by atoms with Gasteiger partial charge < -0.3 is 11.1 Å². The number of hydrogen-bond acceptors (Lipinski definition) is 4. The molecule has 76 valence electrons. The number of nitrogen functional groups attached to an aromatic ring is 1. The molecule has 1 heterocycles. The molecule has 15 heavy (non-hydrogen) atoms. The Balaban J connectivity index is 2.26. The molecule has 0 saturated heterocycles. The van der Waals surface area contributed by atoms with E-state index in [-0.39, 0.29) is 0 Å². The highest BCUT2D eigenvalue weighted by molar-refractivity contribution is 5.60. The van der Waals surface area contributed by atoms with Gasteiger partial charge in [0.1, 0.15) is 5.82 Å². The van der Waals surface area contributed by atoms with E-state index in [2.05, 4.69) is 15.3 Å². The lowest BCUT2D eigenvalue weighted by Crippen LogP contribution is -1.99. The van der Waals surface area contributed by atoms with Crippen molar-refractivity contribution in [2.45, 2.75) is 6.92 Å². The smallest absolute Gasteiger partial charge is 0.151 e. The molecule has 0 amide bonds. The summed E-state index contributed by atoms with van der Waals surface area (Å²) in [5, 5.41) is 3.16. The molecule has 0 saturated carbocycles. The first kappa shape index (κ1) is 9.45. The van der Waals surface area contributed by atoms with E-state index in [1.807, 2.05) is 31.2 Å². The summed E-state index contributed by atoms with van der Waals surface area (Å²) in [7, 11) is 0. The van der Waals surface area contributed by atoms with Gasteiger partial charge in [-0.1, -0.05) is 18.2 Å². The van der Waals surface area contributed by atoms with Gasteiger partial charge in [0.25, 0.3) is 0 Å². The van der Waals surface area contributed by atoms with Crippen molar-refractivity contribution >= 4 is 17.3 Å². The third-order valence-electron chi connectivity index (χ3n) is 2.06. The molecule has 4 nitrogen and oxygen atoms in total. The van der Waals surface area contributed by atoms with Crippen molar-refractivity contribution in [1.29, 1.82) is 0 Å². The fourth-order valence-corrected chi connectivity index (χ4v) is 1.29. The molecule has 0 aliphatic carbocycles. The van der Waals surface area contributed by atoms with Crippen molar-refractivity contribution in [3.63, 3.8) is 0 Å². The number of hydrogen-bond donors (Lipinski definition) is 2. The summed E-state index contributed by atoms with van der Waals surface area (Å²) in [5.74, 6) is 1.07. The maximum atomic E-state index is 5.54. The second-order valence-electron chi connectivity index (χ2n) is 3.27. The molecule has 2 aromatic rings. The average Bonchev–Trinajstić information content (AvgIpc) is 2.22. The fraction of sp³-hybridized carbons (Fsp3) is 0.0909. The number of para-hydroxylation sites is 1. The van der Waals surface area contributed by atoms with Crippen LogP contribution in [0.4, 0.5) is 17.3 Å². The number of aryl methyl sites for hydroxylation is 1. The molecule has 1 aromatic heterocycles. The van der Waals surface area contributed by atoms with E-state index < -0.39 is 0 Å². The number of aromatic nitrogens is 2. The molecule has 4 heteroatoms. The van der Waals surface area contributed by atoms with Crippen LogP contribution in [0.25, 0.3) is 0 Å². The monoisotopic (exact) mass is 200 g/mol. The van der Waals surface area contributed by atoms with Crippen LogP contribution in [0.15, 0.2) is 36.7 Å². The molecule has 0 radical (unpaired) electrons. The SMILES string of the molecule is Cc1ccccc1Nc1cncc(N)n1. The standard InChI is InChI=1S/C11H12N4/c1-8-4-2-3-5-9(8)14-11-7-13-6-10(12)15-11/h2-7H,1H3,(H3,12,14,15). The lowest BCUT2D eigenvalue weighted by atomic mass is 10.2. The minimum atomic E-state index is 0.411. The quantitative estimate of drug-likeness (QED) is 0.779. The molecule has 0 fully saturated rings. The highest BCUT2D eigenvalue weighted by Crippen LogP contribution is 2.18. The molecule has 3 N–H and O–H groups in total. The van der Waals surface area contributed by atoms with Crippen LogP contribution in [0, 0.1) is 6.92 Å². The minimum absolute atomic E-state index is 0.411. The van der Waals surface area contributed by atoms with E-state index in [1.165, 1.54) is 6.20 Å². The van der Waals surface area contributed by atoms with Gasteiger partial charge in [-0.05, 0) is 18.6 Å². The molecule has 1 aromatic carbocycles. The van der Waals surface area contributed by atoms with Crippen molar-refractivity contribution in [3.05, 3.63) is 42.2 Å². The summed E-state index contributed by atoms with van der Waals surface area (Å²) >= 11 is 0. The summed E-state index contributed by atoms with van der Waals surface area (Å²) < 4.78 is 0. The molecular formula is C11H12N4. The van der Waals surface area contributed by atoms with Gasteiger partial charge in [-0.3, -0.25) is 4.98 Å². The van der Waals surface area contributed by atoms with Gasteiger partial charge in [-0.15, -0.1) is 0 Å². The second-order valence-corrected chi connectivity index (χ2v) is 3.27. The predicted octanol–water partition coefficient (Wildman–Crippen LogP) is 2.11. The van der Waals surface area contributed by atoms with Gasteiger partial charge in [-0.25, -0.2) is 4.98 Å². The number of rotatable bonds is 2. The van der Waals surface area contributed by atoms with E-state index in [1.54, 1.807) is 6.20 Å². The third-order valence-corrected chi connectivity index (χ3v) is 2.06. The lowest BCUT2D eigenvalue weighted by Gasteiger charge is -2.07. The van der Waals surface area contributed by atoms with E-state index in [0.29, 0.717) is 11.6 Å². The largest absolute Gasteiger partial charge is 0.382 e. The molecule has 0 aliphatic heterocycles. The summed E-state index contributed by atoms with van der Waals surface area (Å²) in [6.07, 6.45) is 3.16. The van der Waals surface area contributed by atoms with Crippen molar-refractivity contribution in [3.8, 4) is 0 Å². The molecular weight excluding hydrogens is 188 g/mol. The Morgan fingerprint density at radius 1 is 1.20 bits per heavy atom. The van der Waals surface area contributed by atoms with Crippen molar-refractivity contribution in [2.24, 2.45) is 0 Å². The zero-order valence-electron chi connectivity index (χ0n) is 8.44. The molecule has 0 bridgehead atoms. The molecule has 2 rings (SSSR count). The molecule has 0 unspecified atom stereocenters. The van der Waals surface area contributed by atoms with Crippen LogP contribution < -0.4 is 11.1 Å². The van der Waals surface area contributed by atoms with Gasteiger partial charge >= 0.3 is 0 Å². The Bertz CT molecular complexity index is 468. The zero-order valence-corrected chi connectivity index (χ0v) is 8.44. The van der Waals surface area contributed by atoms with Crippen LogP contribution in [-0.2, 0) is 0 Å². The zero-order chi connectivity index (χ0) is 10.7. The number of nitrogens with two attached hydrogens (primary N) is 1. The van der Waals surface area contributed by atoms with Crippen LogP contribution in [0.2, 0.25) is 0 Å². The van der Waals surface area contributed by atoms with Crippen LogP contribution in [0.3, 0.4) is 0 Å². The van der Waals surface area contributed by atoms with E-state index >= 15 is 0 Å². The number of nitrogens with one attached hydrogen (secondary N) is 1. The van der Waals surface area contributed by atoms with Crippen LogP contribution in [0.5, 0.6) is 0 Å². The van der Waals surface area contributed by atoms with Gasteiger partial charge in [0.15, 0.2) is 5.82 Å². The first-order valence-electron chi connectivity index (χ1n) is 4.66. The summed E-state index contributed by atoms with van der Waals surface area (Å²) in [5.41, 5.74) is 7.70. The lowest BCUT2D eigenvalue weighted by molar-refractivity contribution is 1.20. The Kier molecular flexibility index (Phi) is 2.49. The summed E-state index contributed by atoms with van der Waals surface area (Å²) in [6, 6.07) is 7.98. The van der Waals surface area contributed by atoms with E-state index in [4.69, 9.17) is 5.73 Å². The Hall–Kier alpha value is -2.10. The van der Waals surface area contributed by atoms with Crippen LogP contribution >= 0.6 is 0 Å². The number of benzene rings is 1. The first-order chi connectivity index (χ1) is 7.25. The van der Waals surface area contributed by atoms with E-state index in [9.17, 15) is 0 Å². The molecule has 0 atom stereocenters. The Morgan fingerprint density at radius 3 is 2.73 bits per heavy atom. The highest BCUT2D eigenvalue weighted by atomic mass is 15.0. The maximum absolute atomic E-state index is 5.54. The first-order valence-corrected chi connectivity index (χ1v) is 4.66. The minimum Gasteiger partial charge on any atom is -0.382 e. The van der Waals surface area contributed by atoms with Gasteiger partial charge in [-0.2, -0.15) is 0 Å². The normalized spacial score (nSPS) is 9.93. The highest BCUT2D eigenvalue weighted by Gasteiger charge is 1.99. The molecule has 0 aliphatic rings. The Morgan fingerprint density at radius 2 is 2.00 bits per heavy atom.